The van der Waals surface area contributed by atoms with Crippen LogP contribution in [0.1, 0.15) is 23.4 Å². The van der Waals surface area contributed by atoms with Gasteiger partial charge in [0.1, 0.15) is 0 Å². The van der Waals surface area contributed by atoms with Crippen molar-refractivity contribution >= 4 is 0 Å². The van der Waals surface area contributed by atoms with E-state index in [1.807, 2.05) is 0 Å². The minimum atomic E-state index is -4.88. The summed E-state index contributed by atoms with van der Waals surface area (Å²) < 4.78 is 116. The molecule has 152 valence electrons. The van der Waals surface area contributed by atoms with Crippen LogP contribution >= 0.6 is 0 Å². The Labute approximate surface area is 148 Å². The molecule has 0 radical (unpaired) electrons. The Hall–Kier alpha value is -3.00. The molecule has 28 heavy (non-hydrogen) atoms. The number of alkyl halides is 9. The Morgan fingerprint density at radius 1 is 0.536 bits per heavy atom. The van der Waals surface area contributed by atoms with Gasteiger partial charge >= 0.3 is 18.5 Å². The lowest BCUT2D eigenvalue weighted by Gasteiger charge is -2.19. The quantitative estimate of drug-likeness (QED) is 0.607. The molecule has 0 atom stereocenters. The largest absolute Gasteiger partial charge is 0.435 e. The minimum Gasteiger partial charge on any atom is -0.227 e. The van der Waals surface area contributed by atoms with Gasteiger partial charge in [0.15, 0.2) is 17.1 Å². The Kier molecular flexibility index (Phi) is 4.42. The molecule has 0 aliphatic carbocycles. The van der Waals surface area contributed by atoms with Crippen LogP contribution in [0.25, 0.3) is 0 Å². The van der Waals surface area contributed by atoms with Gasteiger partial charge in [0.2, 0.25) is 6.29 Å². The lowest BCUT2D eigenvalue weighted by Crippen LogP contribution is -2.28. The molecular weight excluding hydrogens is 411 g/mol. The maximum Gasteiger partial charge on any atom is 0.435 e. The smallest absolute Gasteiger partial charge is 0.227 e. The summed E-state index contributed by atoms with van der Waals surface area (Å²) in [6, 6.07) is 1.53. The first-order valence-electron chi connectivity index (χ1n) is 7.14. The number of halogens is 9. The third kappa shape index (κ3) is 3.82. The zero-order valence-electron chi connectivity index (χ0n) is 13.1. The lowest BCUT2D eigenvalue weighted by molar-refractivity contribution is -0.142. The third-order valence-corrected chi connectivity index (χ3v) is 3.41. The fraction of sp³-hybridized carbons (Fsp3) is 0.308. The molecule has 3 aromatic rings. The van der Waals surface area contributed by atoms with E-state index in [1.54, 1.807) is 0 Å². The molecule has 6 nitrogen and oxygen atoms in total. The molecule has 0 aliphatic heterocycles. The second-order valence-corrected chi connectivity index (χ2v) is 5.38. The predicted octanol–water partition coefficient (Wildman–Crippen LogP) is 3.89. The van der Waals surface area contributed by atoms with E-state index in [4.69, 9.17) is 0 Å². The predicted molar refractivity (Wildman–Crippen MR) is 71.5 cm³/mol. The summed E-state index contributed by atoms with van der Waals surface area (Å²) >= 11 is 0. The molecule has 0 N–H and O–H groups in total. The van der Waals surface area contributed by atoms with Crippen molar-refractivity contribution in [1.82, 2.24) is 29.3 Å². The first-order chi connectivity index (χ1) is 12.8. The Morgan fingerprint density at radius 3 is 0.964 bits per heavy atom. The topological polar surface area (TPSA) is 53.5 Å². The van der Waals surface area contributed by atoms with E-state index in [-0.39, 0.29) is 0 Å². The second kappa shape index (κ2) is 6.27. The van der Waals surface area contributed by atoms with E-state index < -0.39 is 41.9 Å². The molecule has 0 spiro atoms. The Morgan fingerprint density at radius 2 is 0.786 bits per heavy atom. The molecule has 0 unspecified atom stereocenters. The summed E-state index contributed by atoms with van der Waals surface area (Å²) in [6.45, 7) is 0. The highest BCUT2D eigenvalue weighted by molar-refractivity contribution is 5.08. The highest BCUT2D eigenvalue weighted by atomic mass is 19.4. The van der Waals surface area contributed by atoms with Gasteiger partial charge in [-0.2, -0.15) is 54.8 Å². The van der Waals surface area contributed by atoms with Gasteiger partial charge in [-0.1, -0.05) is 0 Å². The molecule has 0 aliphatic rings. The van der Waals surface area contributed by atoms with Crippen molar-refractivity contribution < 1.29 is 39.5 Å². The SMILES string of the molecule is FC(F)(F)c1ccn(C(n2ccc(C(F)(F)F)n2)n2ccc(C(F)(F)F)n2)n1. The highest BCUT2D eigenvalue weighted by Gasteiger charge is 2.38. The molecule has 15 heteroatoms. The molecule has 3 aromatic heterocycles. The van der Waals surface area contributed by atoms with Crippen LogP contribution in [0.3, 0.4) is 0 Å². The van der Waals surface area contributed by atoms with E-state index in [1.165, 1.54) is 0 Å². The van der Waals surface area contributed by atoms with E-state index in [0.29, 0.717) is 32.2 Å². The average Bonchev–Trinajstić information content (AvgIpc) is 3.26. The van der Waals surface area contributed by atoms with Crippen LogP contribution in [0.5, 0.6) is 0 Å². The van der Waals surface area contributed by atoms with Crippen LogP contribution in [-0.4, -0.2) is 29.3 Å². The summed E-state index contributed by atoms with van der Waals surface area (Å²) in [7, 11) is 0. The van der Waals surface area contributed by atoms with Crippen molar-refractivity contribution in [3.8, 4) is 0 Å². The van der Waals surface area contributed by atoms with Crippen LogP contribution in [0.15, 0.2) is 36.8 Å². The van der Waals surface area contributed by atoms with Gasteiger partial charge in [0.25, 0.3) is 0 Å². The molecular formula is C13H7F9N6. The monoisotopic (exact) mass is 418 g/mol. The summed E-state index contributed by atoms with van der Waals surface area (Å²) in [5.74, 6) is 0. The third-order valence-electron chi connectivity index (χ3n) is 3.41. The van der Waals surface area contributed by atoms with Gasteiger partial charge in [0.05, 0.1) is 0 Å². The Bertz CT molecular complexity index is 834. The second-order valence-electron chi connectivity index (χ2n) is 5.38. The fourth-order valence-electron chi connectivity index (χ4n) is 2.22. The number of hydrogen-bond donors (Lipinski definition) is 0. The van der Waals surface area contributed by atoms with E-state index in [0.717, 1.165) is 18.6 Å². The maximum atomic E-state index is 12.8. The lowest BCUT2D eigenvalue weighted by atomic mass is 10.4. The molecule has 0 saturated heterocycles. The standard InChI is InChI=1S/C13H7F9N6/c14-11(15,16)7-1-4-26(23-7)10(27-5-2-8(24-27)12(17,18)19)28-6-3-9(25-28)13(20,21)22/h1-6,10H. The van der Waals surface area contributed by atoms with Crippen molar-refractivity contribution in [2.75, 3.05) is 0 Å². The summed E-state index contributed by atoms with van der Waals surface area (Å²) in [5, 5.41) is 9.55. The van der Waals surface area contributed by atoms with Crippen LogP contribution < -0.4 is 0 Å². The highest BCUT2D eigenvalue weighted by Crippen LogP contribution is 2.31. The first kappa shape index (κ1) is 19.8. The summed E-state index contributed by atoms with van der Waals surface area (Å²) in [4.78, 5) is 0. The van der Waals surface area contributed by atoms with Gasteiger partial charge in [-0.3, -0.25) is 0 Å². The van der Waals surface area contributed by atoms with Gasteiger partial charge in [-0.15, -0.1) is 0 Å². The molecule has 0 amide bonds. The van der Waals surface area contributed by atoms with E-state index >= 15 is 0 Å². The van der Waals surface area contributed by atoms with E-state index in [2.05, 4.69) is 15.3 Å². The molecule has 3 heterocycles. The number of hydrogen-bond acceptors (Lipinski definition) is 3. The number of aromatic nitrogens is 6. The van der Waals surface area contributed by atoms with Crippen LogP contribution in [0, 0.1) is 0 Å². The molecule has 0 bridgehead atoms. The first-order valence-corrected chi connectivity index (χ1v) is 7.14. The number of nitrogens with zero attached hydrogens (tertiary/aromatic N) is 6. The van der Waals surface area contributed by atoms with Crippen molar-refractivity contribution in [2.24, 2.45) is 0 Å². The maximum absolute atomic E-state index is 12.8. The van der Waals surface area contributed by atoms with Gasteiger partial charge in [-0.05, 0) is 18.2 Å². The van der Waals surface area contributed by atoms with E-state index in [9.17, 15) is 39.5 Å². The molecule has 0 aromatic carbocycles. The Balaban J connectivity index is 2.10. The summed E-state index contributed by atoms with van der Waals surface area (Å²) in [6.07, 6.45) is -14.2. The van der Waals surface area contributed by atoms with Crippen molar-refractivity contribution in [1.29, 1.82) is 0 Å². The van der Waals surface area contributed by atoms with Gasteiger partial charge < -0.3 is 0 Å². The number of rotatable bonds is 3. The normalized spacial score (nSPS) is 13.5. The molecule has 0 saturated carbocycles. The molecule has 0 fully saturated rings. The minimum absolute atomic E-state index is 0.489. The van der Waals surface area contributed by atoms with Gasteiger partial charge in [-0.25, -0.2) is 14.0 Å². The van der Waals surface area contributed by atoms with Crippen LogP contribution in [0.4, 0.5) is 39.5 Å². The van der Waals surface area contributed by atoms with Gasteiger partial charge in [0, 0.05) is 18.6 Å². The summed E-state index contributed by atoms with van der Waals surface area (Å²) in [5.41, 5.74) is -4.20. The van der Waals surface area contributed by atoms with Crippen molar-refractivity contribution in [3.63, 3.8) is 0 Å². The fourth-order valence-corrected chi connectivity index (χ4v) is 2.22. The molecule has 3 rings (SSSR count). The van der Waals surface area contributed by atoms with Crippen molar-refractivity contribution in [3.05, 3.63) is 53.9 Å². The van der Waals surface area contributed by atoms with Crippen LogP contribution in [-0.2, 0) is 18.5 Å². The van der Waals surface area contributed by atoms with Crippen LogP contribution in [0.2, 0.25) is 0 Å². The average molecular weight is 418 g/mol. The zero-order valence-corrected chi connectivity index (χ0v) is 13.1. The van der Waals surface area contributed by atoms with Crippen molar-refractivity contribution in [2.45, 2.75) is 24.8 Å². The zero-order chi connectivity index (χ0) is 20.9.